The van der Waals surface area contributed by atoms with Crippen molar-refractivity contribution in [2.24, 2.45) is 0 Å². The highest BCUT2D eigenvalue weighted by Crippen LogP contribution is 2.28. The van der Waals surface area contributed by atoms with Crippen molar-refractivity contribution in [1.29, 1.82) is 0 Å². The molecule has 0 saturated carbocycles. The molecule has 0 bridgehead atoms. The highest BCUT2D eigenvalue weighted by atomic mass is 32.2. The number of carboxylic acids is 1. The van der Waals surface area contributed by atoms with Crippen LogP contribution in [0.3, 0.4) is 0 Å². The Morgan fingerprint density at radius 2 is 2.17 bits per heavy atom. The highest BCUT2D eigenvalue weighted by Gasteiger charge is 2.44. The van der Waals surface area contributed by atoms with Crippen LogP contribution in [0.5, 0.6) is 0 Å². The van der Waals surface area contributed by atoms with Crippen molar-refractivity contribution in [2.75, 3.05) is 18.6 Å². The monoisotopic (exact) mass is 274 g/mol. The third-order valence-corrected chi connectivity index (χ3v) is 4.22. The lowest BCUT2D eigenvalue weighted by Crippen LogP contribution is -2.61. The number of piperidine rings is 1. The van der Waals surface area contributed by atoms with Crippen molar-refractivity contribution >= 4 is 23.8 Å². The number of rotatable bonds is 4. The summed E-state index contributed by atoms with van der Waals surface area (Å²) in [5.74, 6) is -0.0986. The second kappa shape index (κ2) is 6.31. The molecule has 2 N–H and O–H groups in total. The van der Waals surface area contributed by atoms with Crippen LogP contribution in [0.4, 0.5) is 4.79 Å². The molecule has 2 atom stereocenters. The van der Waals surface area contributed by atoms with E-state index in [1.165, 1.54) is 4.90 Å². The van der Waals surface area contributed by atoms with E-state index in [0.717, 1.165) is 18.6 Å². The molecular formula is C12H22N2O3S. The Bertz CT molecular complexity index is 324. The van der Waals surface area contributed by atoms with Crippen LogP contribution in [0, 0.1) is 0 Å². The molecule has 1 saturated heterocycles. The van der Waals surface area contributed by atoms with Crippen molar-refractivity contribution in [3.05, 3.63) is 0 Å². The van der Waals surface area contributed by atoms with Crippen molar-refractivity contribution in [3.63, 3.8) is 0 Å². The predicted octanol–water partition coefficient (Wildman–Crippen LogP) is 1.78. The SMILES string of the molecule is CSCC(C)NC(=O)N1CCCCC1(C)C(=O)O. The normalized spacial score (nSPS) is 25.6. The van der Waals surface area contributed by atoms with Crippen LogP contribution in [0.1, 0.15) is 33.1 Å². The zero-order chi connectivity index (χ0) is 13.8. The Balaban J connectivity index is 2.72. The van der Waals surface area contributed by atoms with E-state index in [9.17, 15) is 14.7 Å². The summed E-state index contributed by atoms with van der Waals surface area (Å²) in [5.41, 5.74) is -1.07. The number of nitrogens with one attached hydrogen (secondary N) is 1. The zero-order valence-corrected chi connectivity index (χ0v) is 12.0. The molecule has 2 amide bonds. The maximum absolute atomic E-state index is 12.1. The lowest BCUT2D eigenvalue weighted by molar-refractivity contribution is -0.150. The summed E-state index contributed by atoms with van der Waals surface area (Å²) in [5, 5.41) is 12.2. The Hall–Kier alpha value is -0.910. The number of hydrogen-bond acceptors (Lipinski definition) is 3. The minimum atomic E-state index is -1.07. The number of carbonyl (C=O) groups is 2. The van der Waals surface area contributed by atoms with E-state index in [-0.39, 0.29) is 12.1 Å². The van der Waals surface area contributed by atoms with Gasteiger partial charge in [0.1, 0.15) is 5.54 Å². The van der Waals surface area contributed by atoms with Crippen LogP contribution >= 0.6 is 11.8 Å². The quantitative estimate of drug-likeness (QED) is 0.820. The zero-order valence-electron chi connectivity index (χ0n) is 11.2. The van der Waals surface area contributed by atoms with Gasteiger partial charge in [0.15, 0.2) is 0 Å². The van der Waals surface area contributed by atoms with Gasteiger partial charge in [-0.15, -0.1) is 0 Å². The molecule has 2 unspecified atom stereocenters. The summed E-state index contributed by atoms with van der Waals surface area (Å²) in [6.07, 6.45) is 4.22. The molecular weight excluding hydrogens is 252 g/mol. The molecule has 18 heavy (non-hydrogen) atoms. The lowest BCUT2D eigenvalue weighted by atomic mass is 9.89. The van der Waals surface area contributed by atoms with Gasteiger partial charge in [-0.25, -0.2) is 9.59 Å². The van der Waals surface area contributed by atoms with E-state index in [1.807, 2.05) is 13.2 Å². The minimum Gasteiger partial charge on any atom is -0.480 e. The Labute approximate surface area is 112 Å². The summed E-state index contributed by atoms with van der Waals surface area (Å²) in [6, 6.07) is -0.214. The number of amides is 2. The van der Waals surface area contributed by atoms with Crippen molar-refractivity contribution in [2.45, 2.75) is 44.7 Å². The van der Waals surface area contributed by atoms with E-state index in [4.69, 9.17) is 0 Å². The van der Waals surface area contributed by atoms with E-state index >= 15 is 0 Å². The third kappa shape index (κ3) is 3.31. The molecule has 6 heteroatoms. The van der Waals surface area contributed by atoms with Gasteiger partial charge in [-0.05, 0) is 39.4 Å². The molecule has 104 valence electrons. The first-order chi connectivity index (χ1) is 8.41. The fraction of sp³-hybridized carbons (Fsp3) is 0.833. The second-order valence-corrected chi connectivity index (χ2v) is 5.90. The van der Waals surface area contributed by atoms with E-state index in [0.29, 0.717) is 13.0 Å². The van der Waals surface area contributed by atoms with Gasteiger partial charge in [0, 0.05) is 18.3 Å². The molecule has 1 fully saturated rings. The van der Waals surface area contributed by atoms with Crippen LogP contribution < -0.4 is 5.32 Å². The second-order valence-electron chi connectivity index (χ2n) is 4.99. The molecule has 0 aromatic heterocycles. The number of carbonyl (C=O) groups excluding carboxylic acids is 1. The molecule has 0 aromatic rings. The predicted molar refractivity (Wildman–Crippen MR) is 73.0 cm³/mol. The van der Waals surface area contributed by atoms with Crippen molar-refractivity contribution in [1.82, 2.24) is 10.2 Å². The molecule has 0 aromatic carbocycles. The van der Waals surface area contributed by atoms with Gasteiger partial charge in [0.2, 0.25) is 0 Å². The van der Waals surface area contributed by atoms with Crippen LogP contribution in [0.25, 0.3) is 0 Å². The number of urea groups is 1. The fourth-order valence-electron chi connectivity index (χ4n) is 2.25. The number of aliphatic carboxylic acids is 1. The van der Waals surface area contributed by atoms with Gasteiger partial charge in [0.25, 0.3) is 0 Å². The molecule has 0 spiro atoms. The average molecular weight is 274 g/mol. The van der Waals surface area contributed by atoms with Gasteiger partial charge in [-0.1, -0.05) is 0 Å². The Morgan fingerprint density at radius 1 is 1.50 bits per heavy atom. The summed E-state index contributed by atoms with van der Waals surface area (Å²) in [7, 11) is 0. The summed E-state index contributed by atoms with van der Waals surface area (Å²) >= 11 is 1.66. The van der Waals surface area contributed by atoms with Crippen molar-refractivity contribution in [3.8, 4) is 0 Å². The van der Waals surface area contributed by atoms with Gasteiger partial charge in [-0.2, -0.15) is 11.8 Å². The summed E-state index contributed by atoms with van der Waals surface area (Å²) in [6.45, 7) is 4.07. The number of likely N-dealkylation sites (tertiary alicyclic amines) is 1. The van der Waals surface area contributed by atoms with E-state index < -0.39 is 11.5 Å². The first kappa shape index (κ1) is 15.1. The Morgan fingerprint density at radius 3 is 2.72 bits per heavy atom. The number of nitrogens with zero attached hydrogens (tertiary/aromatic N) is 1. The van der Waals surface area contributed by atoms with Crippen LogP contribution in [0.15, 0.2) is 0 Å². The molecule has 1 aliphatic heterocycles. The topological polar surface area (TPSA) is 69.6 Å². The van der Waals surface area contributed by atoms with Gasteiger partial charge < -0.3 is 15.3 Å². The van der Waals surface area contributed by atoms with Crippen LogP contribution in [-0.4, -0.2) is 52.1 Å². The minimum absolute atomic E-state index is 0.0486. The van der Waals surface area contributed by atoms with Gasteiger partial charge >= 0.3 is 12.0 Å². The van der Waals surface area contributed by atoms with Gasteiger partial charge in [-0.3, -0.25) is 0 Å². The molecule has 1 heterocycles. The molecule has 0 radical (unpaired) electrons. The lowest BCUT2D eigenvalue weighted by Gasteiger charge is -2.41. The number of hydrogen-bond donors (Lipinski definition) is 2. The number of carboxylic acid groups (broad SMARTS) is 1. The highest BCUT2D eigenvalue weighted by molar-refractivity contribution is 7.98. The molecule has 0 aliphatic carbocycles. The fourth-order valence-corrected chi connectivity index (χ4v) is 2.83. The molecule has 1 rings (SSSR count). The van der Waals surface area contributed by atoms with Crippen molar-refractivity contribution < 1.29 is 14.7 Å². The standard InChI is InChI=1S/C12H22N2O3S/c1-9(8-18-3)13-11(17)14-7-5-4-6-12(14,2)10(15)16/h9H,4-8H2,1-3H3,(H,13,17)(H,15,16). The average Bonchev–Trinajstić information content (AvgIpc) is 2.29. The molecule has 5 nitrogen and oxygen atoms in total. The van der Waals surface area contributed by atoms with E-state index in [2.05, 4.69) is 5.32 Å². The smallest absolute Gasteiger partial charge is 0.329 e. The number of thioether (sulfide) groups is 1. The maximum atomic E-state index is 12.1. The van der Waals surface area contributed by atoms with Crippen LogP contribution in [-0.2, 0) is 4.79 Å². The first-order valence-corrected chi connectivity index (χ1v) is 7.61. The maximum Gasteiger partial charge on any atom is 0.329 e. The third-order valence-electron chi connectivity index (χ3n) is 3.38. The largest absolute Gasteiger partial charge is 0.480 e. The Kier molecular flexibility index (Phi) is 5.31. The first-order valence-electron chi connectivity index (χ1n) is 6.22. The van der Waals surface area contributed by atoms with Crippen LogP contribution in [0.2, 0.25) is 0 Å². The molecule has 1 aliphatic rings. The summed E-state index contributed by atoms with van der Waals surface area (Å²) in [4.78, 5) is 25.0. The van der Waals surface area contributed by atoms with Gasteiger partial charge in [0.05, 0.1) is 0 Å². The summed E-state index contributed by atoms with van der Waals surface area (Å²) < 4.78 is 0. The van der Waals surface area contributed by atoms with E-state index in [1.54, 1.807) is 18.7 Å².